The van der Waals surface area contributed by atoms with Crippen molar-refractivity contribution < 1.29 is 14.6 Å². The quantitative estimate of drug-likeness (QED) is 0.839. The summed E-state index contributed by atoms with van der Waals surface area (Å²) in [5.74, 6) is -1.00. The van der Waals surface area contributed by atoms with Crippen LogP contribution in [0.15, 0.2) is 24.3 Å². The molecule has 6 heteroatoms. The molecule has 4 nitrogen and oxygen atoms in total. The summed E-state index contributed by atoms with van der Waals surface area (Å²) in [7, 11) is 2.16. The number of nitrogens with zero attached hydrogens (tertiary/aromatic N) is 1. The molecule has 0 saturated carbocycles. The fourth-order valence-corrected chi connectivity index (χ4v) is 3.94. The van der Waals surface area contributed by atoms with Crippen LogP contribution in [-0.4, -0.2) is 47.8 Å². The molecule has 2 aliphatic heterocycles. The van der Waals surface area contributed by atoms with Gasteiger partial charge in [0.05, 0.1) is 6.61 Å². The second-order valence-electron chi connectivity index (χ2n) is 6.37. The summed E-state index contributed by atoms with van der Waals surface area (Å²) in [5, 5.41) is 10.1. The Morgan fingerprint density at radius 1 is 1.39 bits per heavy atom. The molecule has 3 atom stereocenters. The van der Waals surface area contributed by atoms with Gasteiger partial charge in [0.1, 0.15) is 12.0 Å². The Kier molecular flexibility index (Phi) is 6.32. The first-order valence-electron chi connectivity index (χ1n) is 7.87. The molecule has 23 heavy (non-hydrogen) atoms. The summed E-state index contributed by atoms with van der Waals surface area (Å²) in [6.07, 6.45) is 4.13. The number of benzene rings is 1. The summed E-state index contributed by atoms with van der Waals surface area (Å²) in [4.78, 5) is 14.8. The number of hydrogen-bond acceptors (Lipinski definition) is 4. The van der Waals surface area contributed by atoms with E-state index in [0.717, 1.165) is 12.8 Å². The summed E-state index contributed by atoms with van der Waals surface area (Å²) >= 11 is 5.97. The highest BCUT2D eigenvalue weighted by molar-refractivity contribution is 6.30. The third-order valence-electron chi connectivity index (χ3n) is 5.06. The Morgan fingerprint density at radius 2 is 2.04 bits per heavy atom. The fourth-order valence-electron chi connectivity index (χ4n) is 3.74. The van der Waals surface area contributed by atoms with Crippen molar-refractivity contribution >= 4 is 30.0 Å². The highest BCUT2D eigenvalue weighted by atomic mass is 35.5. The Balaban J connectivity index is 0.00000192. The zero-order chi connectivity index (χ0) is 15.7. The number of esters is 1. The van der Waals surface area contributed by atoms with Crippen molar-refractivity contribution in [2.45, 2.75) is 49.8 Å². The van der Waals surface area contributed by atoms with Crippen LogP contribution in [0.25, 0.3) is 0 Å². The van der Waals surface area contributed by atoms with Gasteiger partial charge in [0.2, 0.25) is 0 Å². The van der Waals surface area contributed by atoms with E-state index in [1.807, 2.05) is 0 Å². The zero-order valence-electron chi connectivity index (χ0n) is 13.2. The minimum absolute atomic E-state index is 0. The Hall–Kier alpha value is -0.810. The van der Waals surface area contributed by atoms with Crippen molar-refractivity contribution in [3.05, 3.63) is 34.9 Å². The maximum atomic E-state index is 12.4. The van der Waals surface area contributed by atoms with Crippen LogP contribution in [0, 0.1) is 0 Å². The topological polar surface area (TPSA) is 49.8 Å². The molecule has 0 spiro atoms. The van der Waals surface area contributed by atoms with E-state index in [2.05, 4.69) is 11.9 Å². The number of halogens is 2. The van der Waals surface area contributed by atoms with Gasteiger partial charge in [0.15, 0.2) is 0 Å². The molecule has 0 radical (unpaired) electrons. The average Bonchev–Trinajstić information content (AvgIpc) is 2.71. The molecule has 0 aliphatic carbocycles. The van der Waals surface area contributed by atoms with Crippen molar-refractivity contribution in [3.8, 4) is 0 Å². The van der Waals surface area contributed by atoms with E-state index in [1.54, 1.807) is 24.3 Å². The summed E-state index contributed by atoms with van der Waals surface area (Å²) in [5.41, 5.74) is 0.705. The lowest BCUT2D eigenvalue weighted by atomic mass is 9.98. The first-order chi connectivity index (χ1) is 10.6. The van der Waals surface area contributed by atoms with Crippen LogP contribution in [0.1, 0.15) is 37.2 Å². The van der Waals surface area contributed by atoms with Gasteiger partial charge in [0, 0.05) is 17.1 Å². The molecule has 3 rings (SSSR count). The normalized spacial score (nSPS) is 28.0. The lowest BCUT2D eigenvalue weighted by molar-refractivity contribution is -0.155. The minimum atomic E-state index is -0.656. The van der Waals surface area contributed by atoms with Crippen molar-refractivity contribution in [3.63, 3.8) is 0 Å². The molecule has 2 aliphatic rings. The molecular formula is C17H23Cl2NO3. The summed E-state index contributed by atoms with van der Waals surface area (Å²) in [6.45, 7) is -0.265. The van der Waals surface area contributed by atoms with Gasteiger partial charge in [0.25, 0.3) is 0 Å². The standard InChI is InChI=1S/C17H22ClNO3.ClH/c1-19-13-5-6-14(19)9-15(8-13)22-17(21)16(10-20)11-3-2-4-12(18)7-11;/h2-4,7,13-16,20H,5-6,8-10H2,1H3;1H. The van der Waals surface area contributed by atoms with Crippen molar-refractivity contribution in [2.24, 2.45) is 0 Å². The first kappa shape index (κ1) is 18.5. The van der Waals surface area contributed by atoms with Crippen LogP contribution in [0.5, 0.6) is 0 Å². The lowest BCUT2D eigenvalue weighted by Gasteiger charge is -2.36. The third-order valence-corrected chi connectivity index (χ3v) is 5.29. The molecule has 1 N–H and O–H groups in total. The van der Waals surface area contributed by atoms with Gasteiger partial charge in [-0.2, -0.15) is 0 Å². The van der Waals surface area contributed by atoms with Crippen LogP contribution < -0.4 is 0 Å². The molecule has 2 saturated heterocycles. The number of fused-ring (bicyclic) bond motifs is 2. The second-order valence-corrected chi connectivity index (χ2v) is 6.81. The molecule has 2 fully saturated rings. The zero-order valence-corrected chi connectivity index (χ0v) is 14.7. The van der Waals surface area contributed by atoms with Crippen LogP contribution in [0.3, 0.4) is 0 Å². The fraction of sp³-hybridized carbons (Fsp3) is 0.588. The number of carbonyl (C=O) groups excluding carboxylic acids is 1. The van der Waals surface area contributed by atoms with Crippen LogP contribution >= 0.6 is 24.0 Å². The van der Waals surface area contributed by atoms with Crippen LogP contribution in [0.4, 0.5) is 0 Å². The molecule has 128 valence electrons. The predicted octanol–water partition coefficient (Wildman–Crippen LogP) is 3.01. The molecule has 1 aromatic carbocycles. The molecular weight excluding hydrogens is 337 g/mol. The highest BCUT2D eigenvalue weighted by Crippen LogP contribution is 2.36. The van der Waals surface area contributed by atoms with Gasteiger partial charge in [-0.25, -0.2) is 0 Å². The number of rotatable bonds is 4. The second kappa shape index (κ2) is 7.84. The molecule has 3 unspecified atom stereocenters. The highest BCUT2D eigenvalue weighted by Gasteiger charge is 2.40. The number of aliphatic hydroxyl groups is 1. The predicted molar refractivity (Wildman–Crippen MR) is 92.2 cm³/mol. The Morgan fingerprint density at radius 3 is 2.61 bits per heavy atom. The van der Waals surface area contributed by atoms with Gasteiger partial charge >= 0.3 is 5.97 Å². The van der Waals surface area contributed by atoms with E-state index < -0.39 is 5.92 Å². The number of aliphatic hydroxyl groups excluding tert-OH is 1. The maximum Gasteiger partial charge on any atom is 0.316 e. The molecule has 2 bridgehead atoms. The summed E-state index contributed by atoms with van der Waals surface area (Å²) in [6, 6.07) is 8.09. The molecule has 1 aromatic rings. The number of ether oxygens (including phenoxy) is 1. The van der Waals surface area contributed by atoms with Crippen LogP contribution in [-0.2, 0) is 9.53 Å². The van der Waals surface area contributed by atoms with E-state index >= 15 is 0 Å². The Bertz CT molecular complexity index is 540. The van der Waals surface area contributed by atoms with E-state index in [4.69, 9.17) is 16.3 Å². The van der Waals surface area contributed by atoms with E-state index in [-0.39, 0.29) is 31.1 Å². The van der Waals surface area contributed by atoms with Gasteiger partial charge in [-0.1, -0.05) is 23.7 Å². The number of piperidine rings is 1. The van der Waals surface area contributed by atoms with Gasteiger partial charge < -0.3 is 14.7 Å². The smallest absolute Gasteiger partial charge is 0.316 e. The number of carbonyl (C=O) groups is 1. The van der Waals surface area contributed by atoms with Gasteiger partial charge in [-0.15, -0.1) is 12.4 Å². The van der Waals surface area contributed by atoms with E-state index in [0.29, 0.717) is 22.7 Å². The average molecular weight is 360 g/mol. The monoisotopic (exact) mass is 359 g/mol. The largest absolute Gasteiger partial charge is 0.462 e. The first-order valence-corrected chi connectivity index (χ1v) is 8.25. The number of hydrogen-bond donors (Lipinski definition) is 1. The minimum Gasteiger partial charge on any atom is -0.462 e. The van der Waals surface area contributed by atoms with Crippen molar-refractivity contribution in [1.29, 1.82) is 0 Å². The SMILES string of the molecule is CN1C2CCC1CC(OC(=O)C(CO)c1cccc(Cl)c1)C2.Cl. The van der Waals surface area contributed by atoms with Crippen LogP contribution in [0.2, 0.25) is 5.02 Å². The van der Waals surface area contributed by atoms with E-state index in [1.165, 1.54) is 12.8 Å². The van der Waals surface area contributed by atoms with Crippen molar-refractivity contribution in [1.82, 2.24) is 4.90 Å². The van der Waals surface area contributed by atoms with Gasteiger partial charge in [-0.05, 0) is 50.4 Å². The summed E-state index contributed by atoms with van der Waals surface area (Å²) < 4.78 is 5.70. The van der Waals surface area contributed by atoms with E-state index in [9.17, 15) is 9.90 Å². The van der Waals surface area contributed by atoms with Gasteiger partial charge in [-0.3, -0.25) is 4.79 Å². The molecule has 2 heterocycles. The lowest BCUT2D eigenvalue weighted by Crippen LogP contribution is -2.43. The Labute approximate surface area is 148 Å². The van der Waals surface area contributed by atoms with Crippen molar-refractivity contribution in [2.75, 3.05) is 13.7 Å². The molecule has 0 aromatic heterocycles. The maximum absolute atomic E-state index is 12.4. The molecule has 0 amide bonds. The third kappa shape index (κ3) is 4.00.